The highest BCUT2D eigenvalue weighted by Crippen LogP contribution is 2.61. The molecule has 3 N–H and O–H groups in total. The van der Waals surface area contributed by atoms with E-state index in [4.69, 9.17) is 0 Å². The molecular formula is C26H30FN3O2. The first-order valence-electron chi connectivity index (χ1n) is 11.6. The number of hydrogen-bond acceptors (Lipinski definition) is 3. The van der Waals surface area contributed by atoms with Gasteiger partial charge in [0, 0.05) is 12.1 Å². The van der Waals surface area contributed by atoms with Crippen LogP contribution >= 0.6 is 0 Å². The molecule has 4 saturated carbocycles. The SMILES string of the molecule is O=C(CC12CC3CC(CC(C3)C1)C2)NNC(C(=O)Nc1ccc(F)cc1)c1ccccc1. The summed E-state index contributed by atoms with van der Waals surface area (Å²) in [6.07, 6.45) is 8.06. The van der Waals surface area contributed by atoms with Crippen molar-refractivity contribution < 1.29 is 14.0 Å². The first-order valence-corrected chi connectivity index (χ1v) is 11.6. The Labute approximate surface area is 188 Å². The van der Waals surface area contributed by atoms with Crippen molar-refractivity contribution in [1.29, 1.82) is 0 Å². The minimum atomic E-state index is -0.762. The van der Waals surface area contributed by atoms with Crippen LogP contribution in [0.3, 0.4) is 0 Å². The lowest BCUT2D eigenvalue weighted by Gasteiger charge is -2.56. The lowest BCUT2D eigenvalue weighted by Crippen LogP contribution is -2.50. The first kappa shape index (κ1) is 21.1. The number of benzene rings is 2. The molecule has 4 bridgehead atoms. The van der Waals surface area contributed by atoms with Gasteiger partial charge in [-0.2, -0.15) is 0 Å². The summed E-state index contributed by atoms with van der Waals surface area (Å²) in [6.45, 7) is 0. The molecule has 4 fully saturated rings. The maximum Gasteiger partial charge on any atom is 0.247 e. The van der Waals surface area contributed by atoms with Crippen molar-refractivity contribution in [1.82, 2.24) is 10.9 Å². The highest BCUT2D eigenvalue weighted by Gasteiger charge is 2.51. The molecule has 1 unspecified atom stereocenters. The van der Waals surface area contributed by atoms with Gasteiger partial charge in [0.2, 0.25) is 11.8 Å². The Morgan fingerprint density at radius 3 is 2.09 bits per heavy atom. The number of hydrazine groups is 1. The highest BCUT2D eigenvalue weighted by molar-refractivity contribution is 5.95. The third-order valence-corrected chi connectivity index (χ3v) is 7.56. The van der Waals surface area contributed by atoms with Gasteiger partial charge in [-0.1, -0.05) is 30.3 Å². The second-order valence-corrected chi connectivity index (χ2v) is 10.1. The van der Waals surface area contributed by atoms with Crippen LogP contribution < -0.4 is 16.2 Å². The largest absolute Gasteiger partial charge is 0.324 e. The molecule has 1 atom stereocenters. The molecule has 5 nitrogen and oxygen atoms in total. The third kappa shape index (κ3) is 4.56. The molecule has 168 valence electrons. The first-order chi connectivity index (χ1) is 15.5. The highest BCUT2D eigenvalue weighted by atomic mass is 19.1. The van der Waals surface area contributed by atoms with Crippen molar-refractivity contribution in [2.75, 3.05) is 5.32 Å². The van der Waals surface area contributed by atoms with E-state index in [-0.39, 0.29) is 23.0 Å². The number of hydrogen-bond donors (Lipinski definition) is 3. The summed E-state index contributed by atoms with van der Waals surface area (Å²) in [7, 11) is 0. The fourth-order valence-electron chi connectivity index (χ4n) is 6.74. The zero-order valence-corrected chi connectivity index (χ0v) is 18.1. The van der Waals surface area contributed by atoms with Crippen molar-refractivity contribution >= 4 is 17.5 Å². The molecule has 0 heterocycles. The standard InChI is InChI=1S/C26H30FN3O2/c27-21-6-8-22(9-7-21)28-25(32)24(20-4-2-1-3-5-20)30-29-23(31)16-26-13-17-10-18(14-26)12-19(11-17)15-26/h1-9,17-19,24,30H,10-16H2,(H,28,32)(H,29,31). The van der Waals surface area contributed by atoms with E-state index in [0.29, 0.717) is 12.1 Å². The molecule has 6 rings (SSSR count). The lowest BCUT2D eigenvalue weighted by molar-refractivity contribution is -0.131. The quantitative estimate of drug-likeness (QED) is 0.551. The van der Waals surface area contributed by atoms with E-state index in [1.165, 1.54) is 62.8 Å². The molecular weight excluding hydrogens is 405 g/mol. The van der Waals surface area contributed by atoms with E-state index >= 15 is 0 Å². The summed E-state index contributed by atoms with van der Waals surface area (Å²) in [5.74, 6) is 1.64. The molecule has 0 spiro atoms. The van der Waals surface area contributed by atoms with E-state index in [2.05, 4.69) is 16.2 Å². The van der Waals surface area contributed by atoms with Crippen molar-refractivity contribution in [3.8, 4) is 0 Å². The van der Waals surface area contributed by atoms with E-state index < -0.39 is 6.04 Å². The Hall–Kier alpha value is -2.73. The number of carbonyl (C=O) groups is 2. The Kier molecular flexibility index (Phi) is 5.72. The van der Waals surface area contributed by atoms with Crippen molar-refractivity contribution in [2.24, 2.45) is 23.2 Å². The van der Waals surface area contributed by atoms with Crippen molar-refractivity contribution in [2.45, 2.75) is 51.0 Å². The van der Waals surface area contributed by atoms with Gasteiger partial charge in [-0.05, 0) is 91.5 Å². The van der Waals surface area contributed by atoms with E-state index in [0.717, 1.165) is 23.3 Å². The zero-order valence-electron chi connectivity index (χ0n) is 18.1. The second-order valence-electron chi connectivity index (χ2n) is 10.1. The third-order valence-electron chi connectivity index (χ3n) is 7.56. The monoisotopic (exact) mass is 435 g/mol. The molecule has 0 radical (unpaired) electrons. The maximum atomic E-state index is 13.2. The number of halogens is 1. The summed E-state index contributed by atoms with van der Waals surface area (Å²) in [5, 5.41) is 2.80. The lowest BCUT2D eigenvalue weighted by atomic mass is 9.49. The number of amides is 2. The van der Waals surface area contributed by atoms with Crippen LogP contribution in [0.4, 0.5) is 10.1 Å². The van der Waals surface area contributed by atoms with Crippen LogP contribution in [0.25, 0.3) is 0 Å². The summed E-state index contributed by atoms with van der Waals surface area (Å²) < 4.78 is 13.2. The number of carbonyl (C=O) groups excluding carboxylic acids is 2. The average Bonchev–Trinajstić information content (AvgIpc) is 2.75. The van der Waals surface area contributed by atoms with Gasteiger partial charge in [-0.25, -0.2) is 9.82 Å². The van der Waals surface area contributed by atoms with Crippen LogP contribution in [0.1, 0.15) is 56.6 Å². The molecule has 2 amide bonds. The molecule has 32 heavy (non-hydrogen) atoms. The number of nitrogens with one attached hydrogen (secondary N) is 3. The van der Waals surface area contributed by atoms with Crippen LogP contribution in [-0.2, 0) is 9.59 Å². The van der Waals surface area contributed by atoms with Crippen LogP contribution in [0.15, 0.2) is 54.6 Å². The number of rotatable bonds is 7. The Morgan fingerprint density at radius 1 is 0.906 bits per heavy atom. The van der Waals surface area contributed by atoms with Gasteiger partial charge >= 0.3 is 0 Å². The predicted molar refractivity (Wildman–Crippen MR) is 121 cm³/mol. The Bertz CT molecular complexity index is 941. The van der Waals surface area contributed by atoms with Gasteiger partial charge < -0.3 is 5.32 Å². The average molecular weight is 436 g/mol. The van der Waals surface area contributed by atoms with Crippen LogP contribution in [-0.4, -0.2) is 11.8 Å². The fourth-order valence-corrected chi connectivity index (χ4v) is 6.74. The molecule has 6 heteroatoms. The van der Waals surface area contributed by atoms with Crippen molar-refractivity contribution in [3.05, 3.63) is 66.0 Å². The normalized spacial score (nSPS) is 28.8. The van der Waals surface area contributed by atoms with Crippen LogP contribution in [0.2, 0.25) is 0 Å². The summed E-state index contributed by atoms with van der Waals surface area (Å²) >= 11 is 0. The summed E-state index contributed by atoms with van der Waals surface area (Å²) in [5.41, 5.74) is 7.16. The number of anilines is 1. The molecule has 0 aliphatic heterocycles. The fraction of sp³-hybridized carbons (Fsp3) is 0.462. The van der Waals surface area contributed by atoms with E-state index in [1.807, 2.05) is 30.3 Å². The minimum absolute atomic E-state index is 0.0533. The second kappa shape index (κ2) is 8.66. The summed E-state index contributed by atoms with van der Waals surface area (Å²) in [6, 6.07) is 14.1. The minimum Gasteiger partial charge on any atom is -0.324 e. The maximum absolute atomic E-state index is 13.2. The van der Waals surface area contributed by atoms with Gasteiger partial charge in [0.25, 0.3) is 0 Å². The zero-order chi connectivity index (χ0) is 22.1. The molecule has 2 aromatic carbocycles. The predicted octanol–water partition coefficient (Wildman–Crippen LogP) is 4.73. The van der Waals surface area contributed by atoms with Crippen molar-refractivity contribution in [3.63, 3.8) is 0 Å². The van der Waals surface area contributed by atoms with Gasteiger partial charge in [-0.15, -0.1) is 0 Å². The molecule has 0 saturated heterocycles. The van der Waals surface area contributed by atoms with Crippen LogP contribution in [0, 0.1) is 29.0 Å². The smallest absolute Gasteiger partial charge is 0.247 e. The molecule has 0 aromatic heterocycles. The van der Waals surface area contributed by atoms with E-state index in [1.54, 1.807) is 0 Å². The van der Waals surface area contributed by atoms with E-state index in [9.17, 15) is 14.0 Å². The molecule has 2 aromatic rings. The van der Waals surface area contributed by atoms with Gasteiger partial charge in [0.05, 0.1) is 0 Å². The Morgan fingerprint density at radius 2 is 1.50 bits per heavy atom. The molecule has 4 aliphatic carbocycles. The van der Waals surface area contributed by atoms with Gasteiger partial charge in [0.15, 0.2) is 0 Å². The van der Waals surface area contributed by atoms with Gasteiger partial charge in [-0.3, -0.25) is 15.0 Å². The Balaban J connectivity index is 1.24. The van der Waals surface area contributed by atoms with Crippen LogP contribution in [0.5, 0.6) is 0 Å². The molecule has 4 aliphatic rings. The van der Waals surface area contributed by atoms with Gasteiger partial charge in [0.1, 0.15) is 11.9 Å². The summed E-state index contributed by atoms with van der Waals surface area (Å²) in [4.78, 5) is 25.9. The topological polar surface area (TPSA) is 70.2 Å².